The van der Waals surface area contributed by atoms with Gasteiger partial charge in [-0.05, 0) is 44.4 Å². The Labute approximate surface area is 154 Å². The van der Waals surface area contributed by atoms with Crippen molar-refractivity contribution in [2.75, 3.05) is 25.1 Å². The molecule has 1 aliphatic rings. The van der Waals surface area contributed by atoms with Crippen LogP contribution in [-0.2, 0) is 9.53 Å². The summed E-state index contributed by atoms with van der Waals surface area (Å²) in [6, 6.07) is 4.16. The van der Waals surface area contributed by atoms with Crippen LogP contribution in [0.1, 0.15) is 44.9 Å². The van der Waals surface area contributed by atoms with Crippen LogP contribution >= 0.6 is 12.4 Å². The first-order valence-electron chi connectivity index (χ1n) is 8.73. The van der Waals surface area contributed by atoms with E-state index in [2.05, 4.69) is 5.32 Å². The molecule has 1 aromatic carbocycles. The fourth-order valence-electron chi connectivity index (χ4n) is 2.68. The van der Waals surface area contributed by atoms with E-state index in [9.17, 15) is 9.18 Å². The third kappa shape index (κ3) is 8.03. The molecule has 3 N–H and O–H groups in total. The molecule has 1 aromatic rings. The van der Waals surface area contributed by atoms with E-state index in [1.807, 2.05) is 0 Å². The molecule has 1 amide bonds. The average molecular weight is 375 g/mol. The van der Waals surface area contributed by atoms with Crippen LogP contribution in [0.15, 0.2) is 18.2 Å². The van der Waals surface area contributed by atoms with Crippen molar-refractivity contribution in [3.8, 4) is 5.75 Å². The number of anilines is 1. The summed E-state index contributed by atoms with van der Waals surface area (Å²) in [5.74, 6) is -0.0589. The number of halogens is 2. The number of amides is 1. The van der Waals surface area contributed by atoms with Gasteiger partial charge in [-0.3, -0.25) is 4.79 Å². The number of hydrogen-bond donors (Lipinski definition) is 2. The fourth-order valence-corrected chi connectivity index (χ4v) is 2.68. The van der Waals surface area contributed by atoms with Gasteiger partial charge in [0.05, 0.1) is 11.8 Å². The molecule has 0 radical (unpaired) electrons. The molecule has 0 saturated carbocycles. The summed E-state index contributed by atoms with van der Waals surface area (Å²) in [7, 11) is 0. The van der Waals surface area contributed by atoms with Gasteiger partial charge in [-0.2, -0.15) is 0 Å². The summed E-state index contributed by atoms with van der Waals surface area (Å²) in [6.07, 6.45) is 6.25. The predicted molar refractivity (Wildman–Crippen MR) is 98.9 cm³/mol. The molecule has 25 heavy (non-hydrogen) atoms. The van der Waals surface area contributed by atoms with Crippen molar-refractivity contribution < 1.29 is 18.7 Å². The van der Waals surface area contributed by atoms with Crippen LogP contribution in [0.3, 0.4) is 0 Å². The van der Waals surface area contributed by atoms with Gasteiger partial charge in [-0.25, -0.2) is 4.39 Å². The van der Waals surface area contributed by atoms with Gasteiger partial charge in [0.25, 0.3) is 0 Å². The van der Waals surface area contributed by atoms with Crippen molar-refractivity contribution >= 4 is 24.0 Å². The third-order valence-corrected chi connectivity index (χ3v) is 4.02. The van der Waals surface area contributed by atoms with E-state index >= 15 is 0 Å². The molecule has 1 fully saturated rings. The molecular weight excluding hydrogens is 347 g/mol. The Morgan fingerprint density at radius 3 is 2.84 bits per heavy atom. The zero-order valence-electron chi connectivity index (χ0n) is 14.5. The summed E-state index contributed by atoms with van der Waals surface area (Å²) >= 11 is 0. The summed E-state index contributed by atoms with van der Waals surface area (Å²) in [5, 5.41) is 2.75. The summed E-state index contributed by atoms with van der Waals surface area (Å²) in [5.41, 5.74) is 5.81. The van der Waals surface area contributed by atoms with Gasteiger partial charge in [-0.15, -0.1) is 12.4 Å². The van der Waals surface area contributed by atoms with Crippen molar-refractivity contribution in [1.29, 1.82) is 0 Å². The highest BCUT2D eigenvalue weighted by atomic mass is 35.5. The molecule has 0 bridgehead atoms. The first-order valence-corrected chi connectivity index (χ1v) is 8.73. The van der Waals surface area contributed by atoms with Gasteiger partial charge in [0.15, 0.2) is 0 Å². The minimum atomic E-state index is -0.405. The van der Waals surface area contributed by atoms with E-state index in [4.69, 9.17) is 15.2 Å². The van der Waals surface area contributed by atoms with E-state index in [1.54, 1.807) is 6.07 Å². The van der Waals surface area contributed by atoms with Gasteiger partial charge < -0.3 is 20.5 Å². The van der Waals surface area contributed by atoms with Crippen LogP contribution in [0, 0.1) is 5.82 Å². The van der Waals surface area contributed by atoms with E-state index in [-0.39, 0.29) is 24.4 Å². The third-order valence-electron chi connectivity index (χ3n) is 4.02. The molecule has 0 aromatic heterocycles. The van der Waals surface area contributed by atoms with Crippen LogP contribution in [0.25, 0.3) is 0 Å². The van der Waals surface area contributed by atoms with Gasteiger partial charge in [0.2, 0.25) is 5.91 Å². The lowest BCUT2D eigenvalue weighted by molar-refractivity contribution is -0.116. The maximum absolute atomic E-state index is 13.5. The molecule has 0 spiro atoms. The number of nitrogens with two attached hydrogens (primary N) is 1. The van der Waals surface area contributed by atoms with E-state index in [0.717, 1.165) is 45.1 Å². The van der Waals surface area contributed by atoms with Crippen molar-refractivity contribution in [2.24, 2.45) is 5.73 Å². The van der Waals surface area contributed by atoms with Gasteiger partial charge in [0.1, 0.15) is 18.2 Å². The number of hydrogen-bond acceptors (Lipinski definition) is 4. The highest BCUT2D eigenvalue weighted by Gasteiger charge is 2.17. The number of benzene rings is 1. The number of nitrogens with one attached hydrogen (secondary N) is 1. The quantitative estimate of drug-likeness (QED) is 0.613. The topological polar surface area (TPSA) is 73.6 Å². The number of carbonyl (C=O) groups is 1. The SMILES string of the molecule is Cl.NCCCCCCC(=O)Nc1cc(F)ccc1OCC1CCCO1. The van der Waals surface area contributed by atoms with Crippen LogP contribution in [-0.4, -0.2) is 31.8 Å². The Hall–Kier alpha value is -1.37. The molecule has 142 valence electrons. The van der Waals surface area contributed by atoms with Gasteiger partial charge in [0, 0.05) is 19.1 Å². The predicted octanol–water partition coefficient (Wildman–Crippen LogP) is 3.65. The lowest BCUT2D eigenvalue weighted by Gasteiger charge is -2.15. The molecule has 1 unspecified atom stereocenters. The Bertz CT molecular complexity index is 525. The van der Waals surface area contributed by atoms with Gasteiger partial charge in [-0.1, -0.05) is 12.8 Å². The summed E-state index contributed by atoms with van der Waals surface area (Å²) in [4.78, 5) is 12.0. The zero-order chi connectivity index (χ0) is 17.2. The highest BCUT2D eigenvalue weighted by Crippen LogP contribution is 2.27. The zero-order valence-corrected chi connectivity index (χ0v) is 15.3. The maximum atomic E-state index is 13.5. The monoisotopic (exact) mass is 374 g/mol. The second kappa shape index (κ2) is 12.1. The van der Waals surface area contributed by atoms with Crippen molar-refractivity contribution in [3.05, 3.63) is 24.0 Å². The van der Waals surface area contributed by atoms with E-state index in [1.165, 1.54) is 12.1 Å². The maximum Gasteiger partial charge on any atom is 0.224 e. The molecule has 2 rings (SSSR count). The summed E-state index contributed by atoms with van der Waals surface area (Å²) < 4.78 is 24.7. The second-order valence-electron chi connectivity index (χ2n) is 6.09. The molecule has 1 aliphatic heterocycles. The van der Waals surface area contributed by atoms with Crippen LogP contribution in [0.4, 0.5) is 10.1 Å². The smallest absolute Gasteiger partial charge is 0.224 e. The number of rotatable bonds is 10. The average Bonchev–Trinajstić information content (AvgIpc) is 3.07. The van der Waals surface area contributed by atoms with E-state index in [0.29, 0.717) is 31.0 Å². The van der Waals surface area contributed by atoms with Crippen molar-refractivity contribution in [1.82, 2.24) is 0 Å². The molecule has 1 heterocycles. The Morgan fingerprint density at radius 2 is 2.12 bits per heavy atom. The molecule has 1 atom stereocenters. The first-order chi connectivity index (χ1) is 11.7. The fraction of sp³-hybridized carbons (Fsp3) is 0.611. The largest absolute Gasteiger partial charge is 0.489 e. The Balaban J connectivity index is 0.00000312. The molecule has 7 heteroatoms. The normalized spacial score (nSPS) is 16.3. The van der Waals surface area contributed by atoms with Crippen molar-refractivity contribution in [3.63, 3.8) is 0 Å². The van der Waals surface area contributed by atoms with E-state index < -0.39 is 5.82 Å². The van der Waals surface area contributed by atoms with Crippen molar-refractivity contribution in [2.45, 2.75) is 51.0 Å². The standard InChI is InChI=1S/C18H27FN2O3.ClH/c19-14-8-9-17(24-13-15-6-5-11-23-15)16(12-14)21-18(22)7-3-1-2-4-10-20;/h8-9,12,15H,1-7,10-11,13,20H2,(H,21,22);1H. The number of carbonyl (C=O) groups excluding carboxylic acids is 1. The number of ether oxygens (including phenoxy) is 2. The lowest BCUT2D eigenvalue weighted by Crippen LogP contribution is -2.18. The lowest BCUT2D eigenvalue weighted by atomic mass is 10.1. The molecular formula is C18H28ClFN2O3. The minimum Gasteiger partial charge on any atom is -0.489 e. The summed E-state index contributed by atoms with van der Waals surface area (Å²) in [6.45, 7) is 1.85. The Kier molecular flexibility index (Phi) is 10.5. The first kappa shape index (κ1) is 21.7. The Morgan fingerprint density at radius 1 is 1.32 bits per heavy atom. The van der Waals surface area contributed by atoms with Crippen LogP contribution in [0.5, 0.6) is 5.75 Å². The molecule has 1 saturated heterocycles. The number of unbranched alkanes of at least 4 members (excludes halogenated alkanes) is 3. The minimum absolute atomic E-state index is 0. The highest BCUT2D eigenvalue weighted by molar-refractivity contribution is 5.92. The van der Waals surface area contributed by atoms with Crippen LogP contribution in [0.2, 0.25) is 0 Å². The second-order valence-corrected chi connectivity index (χ2v) is 6.09. The molecule has 0 aliphatic carbocycles. The van der Waals surface area contributed by atoms with Gasteiger partial charge >= 0.3 is 0 Å². The molecule has 5 nitrogen and oxygen atoms in total. The van der Waals surface area contributed by atoms with Crippen LogP contribution < -0.4 is 15.8 Å².